The first-order chi connectivity index (χ1) is 12.2. The average molecular weight is 428 g/mol. The normalized spacial score (nSPS) is 11.8. The highest BCUT2D eigenvalue weighted by Gasteiger charge is 2.36. The molecule has 1 aromatic rings. The zero-order valence-electron chi connectivity index (χ0n) is 13.9. The number of carbonyl (C=O) groups is 2. The summed E-state index contributed by atoms with van der Waals surface area (Å²) in [7, 11) is 3.21. The van der Waals surface area contributed by atoms with Gasteiger partial charge < -0.3 is 4.74 Å². The lowest BCUT2D eigenvalue weighted by atomic mass is 10.2. The van der Waals surface area contributed by atoms with Crippen LogP contribution in [0.2, 0.25) is 0 Å². The van der Waals surface area contributed by atoms with E-state index in [9.17, 15) is 22.8 Å². The molecule has 26 heavy (non-hydrogen) atoms. The van der Waals surface area contributed by atoms with Crippen LogP contribution in [0.25, 0.3) is 0 Å². The van der Waals surface area contributed by atoms with Crippen LogP contribution in [0.5, 0.6) is 0 Å². The van der Waals surface area contributed by atoms with Gasteiger partial charge in [-0.2, -0.15) is 13.2 Å². The Balaban J connectivity index is 2.69. The van der Waals surface area contributed by atoms with Crippen LogP contribution in [0.3, 0.4) is 0 Å². The number of rotatable bonds is 6. The topological polar surface area (TPSA) is 68.2 Å². The zero-order chi connectivity index (χ0) is 19.7. The minimum Gasteiger partial charge on any atom is -0.462 e. The highest BCUT2D eigenvalue weighted by molar-refractivity contribution is 8.76. The summed E-state index contributed by atoms with van der Waals surface area (Å²) in [5, 5.41) is 1.55. The van der Waals surface area contributed by atoms with E-state index in [-0.39, 0.29) is 6.61 Å². The molecule has 0 aliphatic rings. The van der Waals surface area contributed by atoms with Crippen LogP contribution < -0.4 is 0 Å². The van der Waals surface area contributed by atoms with E-state index < -0.39 is 23.3 Å². The molecule has 0 heterocycles. The van der Waals surface area contributed by atoms with Crippen molar-refractivity contribution in [3.8, 4) is 0 Å². The van der Waals surface area contributed by atoms with Crippen molar-refractivity contribution in [1.29, 1.82) is 0 Å². The second-order valence-electron chi connectivity index (χ2n) is 4.33. The minimum absolute atomic E-state index is 0.214. The molecule has 0 N–H and O–H groups in total. The molecule has 0 fully saturated rings. The summed E-state index contributed by atoms with van der Waals surface area (Å²) in [6.45, 7) is 1.89. The van der Waals surface area contributed by atoms with Crippen LogP contribution in [0.4, 0.5) is 18.0 Å². The predicted octanol–water partition coefficient (Wildman–Crippen LogP) is 4.83. The van der Waals surface area contributed by atoms with E-state index in [0.29, 0.717) is 22.2 Å². The van der Waals surface area contributed by atoms with Gasteiger partial charge in [0, 0.05) is 22.9 Å². The first-order valence-electron chi connectivity index (χ1n) is 6.95. The number of oxime groups is 1. The first-order valence-corrected chi connectivity index (χ1v) is 10.3. The molecule has 1 aromatic carbocycles. The van der Waals surface area contributed by atoms with E-state index in [1.165, 1.54) is 13.3 Å². The highest BCUT2D eigenvalue weighted by Crippen LogP contribution is 2.36. The summed E-state index contributed by atoms with van der Waals surface area (Å²) in [5.41, 5.74) is 0.313. The fourth-order valence-corrected chi connectivity index (χ4v) is 3.59. The zero-order valence-corrected chi connectivity index (χ0v) is 16.4. The fraction of sp³-hybridized carbons (Fsp3) is 0.357. The Morgan fingerprint density at radius 3 is 2.50 bits per heavy atom. The van der Waals surface area contributed by atoms with Gasteiger partial charge in [0.25, 0.3) is 0 Å². The van der Waals surface area contributed by atoms with Crippen molar-refractivity contribution in [2.75, 3.05) is 19.9 Å². The molecule has 0 aliphatic heterocycles. The molecule has 0 aliphatic carbocycles. The molecule has 12 heteroatoms. The number of nitrogens with zero attached hydrogens (tertiary/aromatic N) is 2. The number of hydrogen-bond donors (Lipinski definition) is 0. The van der Waals surface area contributed by atoms with Crippen LogP contribution in [0.1, 0.15) is 17.3 Å². The van der Waals surface area contributed by atoms with E-state index in [1.54, 1.807) is 31.2 Å². The maximum Gasteiger partial charge on any atom is 0.446 e. The smallest absolute Gasteiger partial charge is 0.446 e. The first kappa shape index (κ1) is 22.5. The van der Waals surface area contributed by atoms with Crippen molar-refractivity contribution in [3.63, 3.8) is 0 Å². The Labute approximate surface area is 160 Å². The number of carbonyl (C=O) groups excluding carboxylic acids is 2. The Morgan fingerprint density at radius 2 is 1.92 bits per heavy atom. The molecule has 0 atom stereocenters. The van der Waals surface area contributed by atoms with Crippen LogP contribution in [0.15, 0.2) is 34.3 Å². The van der Waals surface area contributed by atoms with Crippen molar-refractivity contribution in [1.82, 2.24) is 4.31 Å². The Kier molecular flexibility index (Phi) is 9.16. The van der Waals surface area contributed by atoms with E-state index in [2.05, 4.69) is 9.99 Å². The Bertz CT molecular complexity index is 671. The molecule has 1 amide bonds. The number of amides is 1. The predicted molar refractivity (Wildman–Crippen MR) is 97.1 cm³/mol. The number of benzene rings is 1. The summed E-state index contributed by atoms with van der Waals surface area (Å²) in [4.78, 5) is 28.4. The third-order valence-corrected chi connectivity index (χ3v) is 5.63. The fourth-order valence-electron chi connectivity index (χ4n) is 1.39. The van der Waals surface area contributed by atoms with Crippen molar-refractivity contribution in [2.45, 2.75) is 18.0 Å². The number of halogens is 3. The molecular weight excluding hydrogens is 413 g/mol. The largest absolute Gasteiger partial charge is 0.462 e. The van der Waals surface area contributed by atoms with Crippen molar-refractivity contribution >= 4 is 50.6 Å². The molecule has 0 spiro atoms. The summed E-state index contributed by atoms with van der Waals surface area (Å²) in [6.07, 6.45) is -4.62. The SMILES string of the molecule is CCOC(=O)c1ccccc1SSN(C)C(=O)ON=C(SC)C(F)(F)F. The van der Waals surface area contributed by atoms with Gasteiger partial charge in [0.05, 0.1) is 12.2 Å². The maximum atomic E-state index is 12.5. The molecule has 0 aromatic heterocycles. The molecule has 0 bridgehead atoms. The molecule has 6 nitrogen and oxygen atoms in total. The molecule has 0 saturated carbocycles. The molecular formula is C14H15F3N2O4S3. The van der Waals surface area contributed by atoms with Crippen molar-refractivity contribution in [2.24, 2.45) is 5.16 Å². The van der Waals surface area contributed by atoms with E-state index in [0.717, 1.165) is 26.1 Å². The van der Waals surface area contributed by atoms with Gasteiger partial charge in [-0.3, -0.25) is 4.84 Å². The van der Waals surface area contributed by atoms with Gasteiger partial charge in [-0.1, -0.05) is 17.3 Å². The lowest BCUT2D eigenvalue weighted by molar-refractivity contribution is -0.0575. The van der Waals surface area contributed by atoms with E-state index >= 15 is 0 Å². The number of alkyl halides is 3. The van der Waals surface area contributed by atoms with E-state index in [4.69, 9.17) is 4.74 Å². The van der Waals surface area contributed by atoms with Gasteiger partial charge in [-0.25, -0.2) is 13.9 Å². The lowest BCUT2D eigenvalue weighted by Gasteiger charge is -2.14. The summed E-state index contributed by atoms with van der Waals surface area (Å²) in [5.74, 6) is -0.513. The molecule has 1 rings (SSSR count). The molecule has 0 radical (unpaired) electrons. The third kappa shape index (κ3) is 7.00. The molecule has 0 unspecified atom stereocenters. The van der Waals surface area contributed by atoms with E-state index in [1.807, 2.05) is 0 Å². The number of esters is 1. The number of thioether (sulfide) groups is 1. The van der Waals surface area contributed by atoms with Gasteiger partial charge in [-0.05, 0) is 36.1 Å². The average Bonchev–Trinajstić information content (AvgIpc) is 2.59. The third-order valence-electron chi connectivity index (χ3n) is 2.52. The van der Waals surface area contributed by atoms with Gasteiger partial charge in [-0.15, -0.1) is 11.8 Å². The van der Waals surface area contributed by atoms with Gasteiger partial charge in [0.1, 0.15) is 0 Å². The number of ether oxygens (including phenoxy) is 1. The van der Waals surface area contributed by atoms with Crippen LogP contribution >= 0.6 is 33.5 Å². The lowest BCUT2D eigenvalue weighted by Crippen LogP contribution is -2.23. The summed E-state index contributed by atoms with van der Waals surface area (Å²) >= 11 is 0.316. The van der Waals surface area contributed by atoms with Gasteiger partial charge >= 0.3 is 18.2 Å². The van der Waals surface area contributed by atoms with Gasteiger partial charge in [0.2, 0.25) is 5.04 Å². The minimum atomic E-state index is -4.70. The highest BCUT2D eigenvalue weighted by atomic mass is 33.1. The van der Waals surface area contributed by atoms with Crippen molar-refractivity contribution < 1.29 is 32.3 Å². The van der Waals surface area contributed by atoms with Crippen LogP contribution in [0, 0.1) is 0 Å². The standard InChI is InChI=1S/C14H15F3N2O4S3/c1-4-22-11(20)9-7-5-6-8-10(9)25-26-19(2)13(21)23-18-12(24-3)14(15,16)17/h5-8H,4H2,1-3H3. The summed E-state index contributed by atoms with van der Waals surface area (Å²) < 4.78 is 43.4. The second-order valence-corrected chi connectivity index (χ2v) is 7.37. The Morgan fingerprint density at radius 1 is 1.27 bits per heavy atom. The second kappa shape index (κ2) is 10.6. The van der Waals surface area contributed by atoms with Crippen LogP contribution in [-0.4, -0.2) is 47.5 Å². The number of hydrogen-bond acceptors (Lipinski definition) is 8. The van der Waals surface area contributed by atoms with Crippen LogP contribution in [-0.2, 0) is 9.57 Å². The Hall–Kier alpha value is -1.53. The monoisotopic (exact) mass is 428 g/mol. The van der Waals surface area contributed by atoms with Gasteiger partial charge in [0.15, 0.2) is 0 Å². The van der Waals surface area contributed by atoms with Crippen molar-refractivity contribution in [3.05, 3.63) is 29.8 Å². The molecule has 0 saturated heterocycles. The summed E-state index contributed by atoms with van der Waals surface area (Å²) in [6, 6.07) is 6.57. The maximum absolute atomic E-state index is 12.5. The molecule has 144 valence electrons. The quantitative estimate of drug-likeness (QED) is 0.122.